The van der Waals surface area contributed by atoms with E-state index in [-0.39, 0.29) is 12.4 Å². The second kappa shape index (κ2) is 3.53. The molecule has 5 heteroatoms. The normalized spacial score (nSPS) is 11.4. The Hall–Kier alpha value is -1.16. The van der Waals surface area contributed by atoms with Gasteiger partial charge in [-0.05, 0) is 22.9 Å². The standard InChI is InChI=1S/C9H6F3N.ClH/c10-9(11,12)8-2-1-6-4-13-5-7(6)3-8;/h1-5,13H;1H. The Bertz CT molecular complexity index is 433. The van der Waals surface area contributed by atoms with Gasteiger partial charge in [0.05, 0.1) is 5.56 Å². The van der Waals surface area contributed by atoms with E-state index in [4.69, 9.17) is 0 Å². The number of halogens is 4. The number of aromatic amines is 1. The van der Waals surface area contributed by atoms with Gasteiger partial charge in [0.1, 0.15) is 0 Å². The highest BCUT2D eigenvalue weighted by Crippen LogP contribution is 2.31. The summed E-state index contributed by atoms with van der Waals surface area (Å²) in [7, 11) is 0. The summed E-state index contributed by atoms with van der Waals surface area (Å²) in [5, 5.41) is 1.36. The molecule has 0 unspecified atom stereocenters. The minimum atomic E-state index is -4.26. The summed E-state index contributed by atoms with van der Waals surface area (Å²) >= 11 is 0. The molecule has 0 saturated heterocycles. The van der Waals surface area contributed by atoms with E-state index in [0.717, 1.165) is 17.5 Å². The molecule has 0 bridgehead atoms. The third-order valence-corrected chi connectivity index (χ3v) is 1.89. The molecule has 0 spiro atoms. The van der Waals surface area contributed by atoms with E-state index in [1.165, 1.54) is 6.07 Å². The molecule has 0 aliphatic rings. The summed E-state index contributed by atoms with van der Waals surface area (Å²) in [6.07, 6.45) is -1.05. The first-order valence-corrected chi connectivity index (χ1v) is 3.71. The molecule has 0 fully saturated rings. The molecule has 1 aromatic heterocycles. The number of aromatic nitrogens is 1. The molecule has 14 heavy (non-hydrogen) atoms. The fourth-order valence-electron chi connectivity index (χ4n) is 1.23. The molecular formula is C9H7ClF3N. The van der Waals surface area contributed by atoms with Gasteiger partial charge in [0, 0.05) is 12.4 Å². The van der Waals surface area contributed by atoms with Gasteiger partial charge in [0.15, 0.2) is 0 Å². The van der Waals surface area contributed by atoms with E-state index < -0.39 is 11.7 Å². The van der Waals surface area contributed by atoms with Crippen molar-refractivity contribution >= 4 is 23.2 Å². The zero-order valence-electron chi connectivity index (χ0n) is 6.93. The summed E-state index contributed by atoms with van der Waals surface area (Å²) in [5.74, 6) is 0. The van der Waals surface area contributed by atoms with Crippen LogP contribution in [-0.4, -0.2) is 4.98 Å². The molecule has 1 heterocycles. The Balaban J connectivity index is 0.000000980. The molecule has 2 aromatic rings. The second-order valence-electron chi connectivity index (χ2n) is 2.80. The van der Waals surface area contributed by atoms with Crippen LogP contribution in [0.3, 0.4) is 0 Å². The van der Waals surface area contributed by atoms with Crippen LogP contribution < -0.4 is 0 Å². The van der Waals surface area contributed by atoms with E-state index in [1.807, 2.05) is 0 Å². The summed E-state index contributed by atoms with van der Waals surface area (Å²) in [4.78, 5) is 2.75. The first-order chi connectivity index (χ1) is 6.07. The highest BCUT2D eigenvalue weighted by molar-refractivity contribution is 5.85. The number of H-pyrrole nitrogens is 1. The fraction of sp³-hybridized carbons (Fsp3) is 0.111. The summed E-state index contributed by atoms with van der Waals surface area (Å²) < 4.78 is 36.6. The van der Waals surface area contributed by atoms with Crippen molar-refractivity contribution in [1.29, 1.82) is 0 Å². The molecule has 0 atom stereocenters. The summed E-state index contributed by atoms with van der Waals surface area (Å²) in [5.41, 5.74) is -0.611. The van der Waals surface area contributed by atoms with Crippen LogP contribution in [0, 0.1) is 0 Å². The third kappa shape index (κ3) is 1.85. The molecule has 0 saturated carbocycles. The summed E-state index contributed by atoms with van der Waals surface area (Å²) in [6, 6.07) is 3.66. The van der Waals surface area contributed by atoms with Crippen molar-refractivity contribution in [3.8, 4) is 0 Å². The lowest BCUT2D eigenvalue weighted by Gasteiger charge is -2.05. The van der Waals surface area contributed by atoms with Gasteiger partial charge in [-0.2, -0.15) is 13.2 Å². The molecule has 0 aliphatic heterocycles. The highest BCUT2D eigenvalue weighted by Gasteiger charge is 2.30. The fourth-order valence-corrected chi connectivity index (χ4v) is 1.23. The molecule has 2 rings (SSSR count). The Morgan fingerprint density at radius 3 is 2.29 bits per heavy atom. The minimum absolute atomic E-state index is 0. The van der Waals surface area contributed by atoms with Gasteiger partial charge in [-0.25, -0.2) is 0 Å². The monoisotopic (exact) mass is 221 g/mol. The zero-order valence-corrected chi connectivity index (χ0v) is 7.75. The Labute approximate surface area is 84.3 Å². The topological polar surface area (TPSA) is 15.8 Å². The minimum Gasteiger partial charge on any atom is -0.366 e. The van der Waals surface area contributed by atoms with Crippen LogP contribution in [0.25, 0.3) is 10.8 Å². The largest absolute Gasteiger partial charge is 0.416 e. The number of fused-ring (bicyclic) bond motifs is 1. The molecule has 0 amide bonds. The maximum atomic E-state index is 12.2. The lowest BCUT2D eigenvalue weighted by atomic mass is 10.1. The quantitative estimate of drug-likeness (QED) is 0.700. The molecule has 0 aliphatic carbocycles. The van der Waals surface area contributed by atoms with Gasteiger partial charge < -0.3 is 4.98 Å². The van der Waals surface area contributed by atoms with Gasteiger partial charge in [-0.1, -0.05) is 6.07 Å². The van der Waals surface area contributed by atoms with Crippen LogP contribution in [0.5, 0.6) is 0 Å². The van der Waals surface area contributed by atoms with Crippen LogP contribution in [0.1, 0.15) is 5.56 Å². The van der Waals surface area contributed by atoms with E-state index in [1.54, 1.807) is 12.4 Å². The average Bonchev–Trinajstić information content (AvgIpc) is 2.47. The highest BCUT2D eigenvalue weighted by atomic mass is 35.5. The lowest BCUT2D eigenvalue weighted by molar-refractivity contribution is -0.137. The van der Waals surface area contributed by atoms with Crippen LogP contribution in [0.4, 0.5) is 13.2 Å². The van der Waals surface area contributed by atoms with Crippen molar-refractivity contribution in [1.82, 2.24) is 4.98 Å². The maximum absolute atomic E-state index is 12.2. The Morgan fingerprint density at radius 1 is 1.00 bits per heavy atom. The van der Waals surface area contributed by atoms with Crippen molar-refractivity contribution in [2.75, 3.05) is 0 Å². The second-order valence-corrected chi connectivity index (χ2v) is 2.80. The number of rotatable bonds is 0. The third-order valence-electron chi connectivity index (χ3n) is 1.89. The van der Waals surface area contributed by atoms with Crippen molar-refractivity contribution in [3.63, 3.8) is 0 Å². The summed E-state index contributed by atoms with van der Waals surface area (Å²) in [6.45, 7) is 0. The lowest BCUT2D eigenvalue weighted by Crippen LogP contribution is -2.03. The van der Waals surface area contributed by atoms with E-state index in [0.29, 0.717) is 5.39 Å². The van der Waals surface area contributed by atoms with Gasteiger partial charge in [-0.15, -0.1) is 12.4 Å². The Kier molecular flexibility index (Phi) is 2.76. The molecule has 1 nitrogen and oxygen atoms in total. The predicted molar refractivity (Wildman–Crippen MR) is 50.5 cm³/mol. The van der Waals surface area contributed by atoms with Crippen molar-refractivity contribution in [2.45, 2.75) is 6.18 Å². The van der Waals surface area contributed by atoms with Crippen LogP contribution in [0.2, 0.25) is 0 Å². The van der Waals surface area contributed by atoms with E-state index >= 15 is 0 Å². The van der Waals surface area contributed by atoms with Crippen molar-refractivity contribution in [2.24, 2.45) is 0 Å². The molecule has 0 radical (unpaired) electrons. The predicted octanol–water partition coefficient (Wildman–Crippen LogP) is 3.61. The van der Waals surface area contributed by atoms with Gasteiger partial charge in [0.2, 0.25) is 0 Å². The number of benzene rings is 1. The van der Waals surface area contributed by atoms with Crippen molar-refractivity contribution < 1.29 is 13.2 Å². The van der Waals surface area contributed by atoms with E-state index in [9.17, 15) is 13.2 Å². The van der Waals surface area contributed by atoms with Crippen molar-refractivity contribution in [3.05, 3.63) is 36.2 Å². The number of hydrogen-bond donors (Lipinski definition) is 1. The first kappa shape index (κ1) is 10.9. The van der Waals surface area contributed by atoms with E-state index in [2.05, 4.69) is 4.98 Å². The average molecular weight is 222 g/mol. The van der Waals surface area contributed by atoms with Gasteiger partial charge in [-0.3, -0.25) is 0 Å². The first-order valence-electron chi connectivity index (χ1n) is 3.71. The molecule has 1 N–H and O–H groups in total. The van der Waals surface area contributed by atoms with Crippen LogP contribution >= 0.6 is 12.4 Å². The van der Waals surface area contributed by atoms with Crippen LogP contribution in [-0.2, 0) is 6.18 Å². The Morgan fingerprint density at radius 2 is 1.64 bits per heavy atom. The molecular weight excluding hydrogens is 215 g/mol. The van der Waals surface area contributed by atoms with Gasteiger partial charge in [0.25, 0.3) is 0 Å². The van der Waals surface area contributed by atoms with Gasteiger partial charge >= 0.3 is 6.18 Å². The number of hydrogen-bond acceptors (Lipinski definition) is 0. The maximum Gasteiger partial charge on any atom is 0.416 e. The zero-order chi connectivity index (χ0) is 9.47. The molecule has 1 aromatic carbocycles. The number of alkyl halides is 3. The smallest absolute Gasteiger partial charge is 0.366 e. The molecule has 76 valence electrons. The van der Waals surface area contributed by atoms with Crippen LogP contribution in [0.15, 0.2) is 30.6 Å². The number of nitrogens with one attached hydrogen (secondary N) is 1. The SMILES string of the molecule is Cl.FC(F)(F)c1ccc2c[nH]cc2c1.